The fourth-order valence-electron chi connectivity index (χ4n) is 4.03. The maximum Gasteiger partial charge on any atom is 0.134 e. The minimum absolute atomic E-state index is 0.270. The van der Waals surface area contributed by atoms with E-state index in [0.717, 1.165) is 17.9 Å². The molecule has 0 radical (unpaired) electrons. The van der Waals surface area contributed by atoms with Crippen LogP contribution in [0.25, 0.3) is 0 Å². The molecule has 1 N–H and O–H groups in total. The average molecular weight is 347 g/mol. The molecule has 2 fully saturated rings. The number of hydrogen-bond acceptors (Lipinski definition) is 4. The van der Waals surface area contributed by atoms with E-state index in [2.05, 4.69) is 18.7 Å². The molecule has 1 unspecified atom stereocenters. The number of ether oxygens (including phenoxy) is 2. The van der Waals surface area contributed by atoms with Crippen LogP contribution < -0.4 is 4.74 Å². The number of nitrogens with zero attached hydrogens (tertiary/aromatic N) is 1. The molecule has 1 aromatic carbocycles. The number of hydrogen-bond donors (Lipinski definition) is 1. The summed E-state index contributed by atoms with van der Waals surface area (Å²) in [4.78, 5) is 2.43. The smallest absolute Gasteiger partial charge is 0.134 e. The van der Waals surface area contributed by atoms with Crippen molar-refractivity contribution in [1.29, 1.82) is 0 Å². The first-order valence-electron chi connectivity index (χ1n) is 9.60. The molecule has 1 aliphatic carbocycles. The van der Waals surface area contributed by atoms with Gasteiger partial charge in [-0.3, -0.25) is 4.90 Å². The van der Waals surface area contributed by atoms with Gasteiger partial charge in [-0.1, -0.05) is 32.0 Å². The summed E-state index contributed by atoms with van der Waals surface area (Å²) in [6, 6.07) is 8.50. The fourth-order valence-corrected chi connectivity index (χ4v) is 4.03. The normalized spacial score (nSPS) is 28.5. The highest BCUT2D eigenvalue weighted by molar-refractivity contribution is 5.31. The molecular weight excluding hydrogens is 314 g/mol. The summed E-state index contributed by atoms with van der Waals surface area (Å²) in [5.41, 5.74) is 0.599. The molecule has 140 valence electrons. The first kappa shape index (κ1) is 18.7. The van der Waals surface area contributed by atoms with E-state index >= 15 is 0 Å². The van der Waals surface area contributed by atoms with Crippen molar-refractivity contribution in [3.05, 3.63) is 29.8 Å². The van der Waals surface area contributed by atoms with Gasteiger partial charge in [-0.2, -0.15) is 0 Å². The molecule has 0 amide bonds. The van der Waals surface area contributed by atoms with Crippen LogP contribution in [0.15, 0.2) is 24.3 Å². The van der Waals surface area contributed by atoms with Gasteiger partial charge in [0.05, 0.1) is 13.2 Å². The summed E-state index contributed by atoms with van der Waals surface area (Å²) in [7, 11) is 0. The van der Waals surface area contributed by atoms with Crippen molar-refractivity contribution in [2.45, 2.75) is 58.1 Å². The Morgan fingerprint density at radius 3 is 2.68 bits per heavy atom. The molecule has 1 aromatic rings. The van der Waals surface area contributed by atoms with Crippen LogP contribution in [0.2, 0.25) is 0 Å². The number of aryl methyl sites for hydroxylation is 1. The molecule has 4 heteroatoms. The van der Waals surface area contributed by atoms with Crippen molar-refractivity contribution in [3.8, 4) is 5.75 Å². The number of benzene rings is 1. The molecule has 25 heavy (non-hydrogen) atoms. The van der Waals surface area contributed by atoms with E-state index in [1.807, 2.05) is 31.2 Å². The van der Waals surface area contributed by atoms with Crippen LogP contribution in [0.1, 0.15) is 45.1 Å². The zero-order valence-electron chi connectivity index (χ0n) is 16.0. The fraction of sp³-hybridized carbons (Fsp3) is 0.714. The van der Waals surface area contributed by atoms with Gasteiger partial charge in [-0.15, -0.1) is 0 Å². The first-order valence-corrected chi connectivity index (χ1v) is 9.60. The van der Waals surface area contributed by atoms with Crippen molar-refractivity contribution < 1.29 is 14.6 Å². The zero-order valence-corrected chi connectivity index (χ0v) is 16.0. The molecule has 4 nitrogen and oxygen atoms in total. The molecule has 1 saturated heterocycles. The molecule has 0 bridgehead atoms. The van der Waals surface area contributed by atoms with Gasteiger partial charge in [-0.25, -0.2) is 0 Å². The molecule has 0 aromatic heterocycles. The largest absolute Gasteiger partial charge is 0.490 e. The Balaban J connectivity index is 1.61. The Hall–Kier alpha value is -1.10. The Morgan fingerprint density at radius 2 is 1.96 bits per heavy atom. The van der Waals surface area contributed by atoms with Crippen LogP contribution in [0.3, 0.4) is 0 Å². The highest BCUT2D eigenvalue weighted by Gasteiger charge is 2.38. The highest BCUT2D eigenvalue weighted by atomic mass is 16.5. The standard InChI is InChI=1S/C21H33NO3/c1-17-6-4-5-7-19(17)25-16-21(23)14-22(12-13-24-15-21)18-8-10-20(2,3)11-9-18/h4-7,18,23H,8-16H2,1-3H3. The summed E-state index contributed by atoms with van der Waals surface area (Å²) >= 11 is 0. The summed E-state index contributed by atoms with van der Waals surface area (Å²) in [6.45, 7) is 9.58. The zero-order chi connectivity index (χ0) is 17.9. The van der Waals surface area contributed by atoms with Crippen molar-refractivity contribution in [1.82, 2.24) is 4.90 Å². The topological polar surface area (TPSA) is 41.9 Å². The van der Waals surface area contributed by atoms with Gasteiger partial charge < -0.3 is 14.6 Å². The number of rotatable bonds is 4. The second-order valence-corrected chi connectivity index (χ2v) is 8.70. The van der Waals surface area contributed by atoms with E-state index in [-0.39, 0.29) is 6.61 Å². The van der Waals surface area contributed by atoms with Gasteiger partial charge in [-0.05, 0) is 49.7 Å². The van der Waals surface area contributed by atoms with Crippen molar-refractivity contribution in [3.63, 3.8) is 0 Å². The predicted octanol–water partition coefficient (Wildman–Crippen LogP) is 3.41. The third-order valence-corrected chi connectivity index (χ3v) is 5.81. The second kappa shape index (κ2) is 7.65. The van der Waals surface area contributed by atoms with Gasteiger partial charge >= 0.3 is 0 Å². The monoisotopic (exact) mass is 347 g/mol. The summed E-state index contributed by atoms with van der Waals surface area (Å²) < 4.78 is 11.7. The maximum absolute atomic E-state index is 11.1. The predicted molar refractivity (Wildman–Crippen MR) is 100 cm³/mol. The average Bonchev–Trinajstić information content (AvgIpc) is 2.76. The lowest BCUT2D eigenvalue weighted by molar-refractivity contribution is -0.0692. The Labute approximate surface area is 152 Å². The van der Waals surface area contributed by atoms with Crippen LogP contribution >= 0.6 is 0 Å². The van der Waals surface area contributed by atoms with Crippen LogP contribution in [-0.4, -0.2) is 54.6 Å². The van der Waals surface area contributed by atoms with Gasteiger partial charge in [0.15, 0.2) is 0 Å². The summed E-state index contributed by atoms with van der Waals surface area (Å²) in [5.74, 6) is 0.839. The van der Waals surface area contributed by atoms with Crippen LogP contribution in [0.4, 0.5) is 0 Å². The first-order chi connectivity index (χ1) is 11.9. The Kier molecular flexibility index (Phi) is 5.71. The number of aliphatic hydroxyl groups is 1. The molecule has 1 heterocycles. The quantitative estimate of drug-likeness (QED) is 0.906. The lowest BCUT2D eigenvalue weighted by atomic mass is 9.75. The molecule has 1 aliphatic heterocycles. The number of para-hydroxylation sites is 1. The highest BCUT2D eigenvalue weighted by Crippen LogP contribution is 2.37. The Morgan fingerprint density at radius 1 is 1.24 bits per heavy atom. The molecule has 2 aliphatic rings. The van der Waals surface area contributed by atoms with E-state index in [1.165, 1.54) is 25.7 Å². The third kappa shape index (κ3) is 4.96. The number of β-amino-alcohol motifs (C(OH)–C–C–N with tert-alkyl or cyclic N) is 1. The van der Waals surface area contributed by atoms with E-state index in [9.17, 15) is 5.11 Å². The van der Waals surface area contributed by atoms with Gasteiger partial charge in [0.1, 0.15) is 18.0 Å². The maximum atomic E-state index is 11.1. The van der Waals surface area contributed by atoms with Crippen LogP contribution in [0.5, 0.6) is 5.75 Å². The van der Waals surface area contributed by atoms with Gasteiger partial charge in [0, 0.05) is 19.1 Å². The van der Waals surface area contributed by atoms with E-state index in [4.69, 9.17) is 9.47 Å². The van der Waals surface area contributed by atoms with Gasteiger partial charge in [0.25, 0.3) is 0 Å². The summed E-state index contributed by atoms with van der Waals surface area (Å²) in [5, 5.41) is 11.1. The van der Waals surface area contributed by atoms with Crippen molar-refractivity contribution in [2.75, 3.05) is 32.9 Å². The van der Waals surface area contributed by atoms with Crippen molar-refractivity contribution >= 4 is 0 Å². The lowest BCUT2D eigenvalue weighted by Crippen LogP contribution is -2.52. The second-order valence-electron chi connectivity index (χ2n) is 8.70. The van der Waals surface area contributed by atoms with E-state index < -0.39 is 5.60 Å². The SMILES string of the molecule is Cc1ccccc1OCC1(O)COCCN(C2CCC(C)(C)CC2)C1. The lowest BCUT2D eigenvalue weighted by Gasteiger charge is -2.41. The van der Waals surface area contributed by atoms with Crippen LogP contribution in [-0.2, 0) is 4.74 Å². The molecular formula is C21H33NO3. The molecule has 3 rings (SSSR count). The molecule has 0 spiro atoms. The third-order valence-electron chi connectivity index (χ3n) is 5.81. The van der Waals surface area contributed by atoms with Crippen molar-refractivity contribution in [2.24, 2.45) is 5.41 Å². The summed E-state index contributed by atoms with van der Waals surface area (Å²) in [6.07, 6.45) is 4.93. The minimum atomic E-state index is -0.953. The van der Waals surface area contributed by atoms with E-state index in [1.54, 1.807) is 0 Å². The Bertz CT molecular complexity index is 564. The van der Waals surface area contributed by atoms with E-state index in [0.29, 0.717) is 31.2 Å². The van der Waals surface area contributed by atoms with Crippen LogP contribution in [0, 0.1) is 12.3 Å². The molecule has 1 atom stereocenters. The van der Waals surface area contributed by atoms with Gasteiger partial charge in [0.2, 0.25) is 0 Å². The minimum Gasteiger partial charge on any atom is -0.490 e. The molecule has 1 saturated carbocycles.